The van der Waals surface area contributed by atoms with E-state index in [0.29, 0.717) is 47.2 Å². The Labute approximate surface area is 325 Å². The van der Waals surface area contributed by atoms with Gasteiger partial charge in [0.05, 0.1) is 11.4 Å². The van der Waals surface area contributed by atoms with Crippen LogP contribution in [0.4, 0.5) is 20.4 Å². The van der Waals surface area contributed by atoms with E-state index in [2.05, 4.69) is 69.4 Å². The Kier molecular flexibility index (Phi) is 12.1. The second-order valence-corrected chi connectivity index (χ2v) is 14.8. The summed E-state index contributed by atoms with van der Waals surface area (Å²) in [6.07, 6.45) is 0. The van der Waals surface area contributed by atoms with Crippen LogP contribution in [-0.4, -0.2) is 58.4 Å². The molecule has 2 amide bonds. The Morgan fingerprint density at radius 3 is 1.27 bits per heavy atom. The van der Waals surface area contributed by atoms with Crippen LogP contribution >= 0.6 is 0 Å². The Hall–Kier alpha value is -6.56. The SMILES string of the molecule is CC(C)(CNc1ccc(-c2cccc(C(=O)NCCNC(=O)c3cccc(-c4ccc(NCC(C)(C)c5ccc(F)cc5)nn4)c3)c2)nn1)c1ccc(F)cc1. The van der Waals surface area contributed by atoms with Gasteiger partial charge in [-0.05, 0) is 83.9 Å². The first kappa shape index (κ1) is 39.1. The van der Waals surface area contributed by atoms with E-state index in [0.717, 1.165) is 22.3 Å². The third-order valence-electron chi connectivity index (χ3n) is 9.54. The highest BCUT2D eigenvalue weighted by molar-refractivity contribution is 5.96. The molecule has 0 atom stereocenters. The normalized spacial score (nSPS) is 11.5. The summed E-state index contributed by atoms with van der Waals surface area (Å²) in [5, 5.41) is 29.6. The highest BCUT2D eigenvalue weighted by Crippen LogP contribution is 2.26. The lowest BCUT2D eigenvalue weighted by Gasteiger charge is -2.25. The van der Waals surface area contributed by atoms with E-state index in [4.69, 9.17) is 0 Å². The maximum Gasteiger partial charge on any atom is 0.251 e. The number of halogens is 2. The van der Waals surface area contributed by atoms with Gasteiger partial charge in [0.15, 0.2) is 0 Å². The molecule has 0 saturated carbocycles. The molecular weight excluding hydrogens is 711 g/mol. The van der Waals surface area contributed by atoms with E-state index in [1.54, 1.807) is 60.7 Å². The molecular formula is C44H44F2N8O2. The minimum atomic E-state index is -0.284. The predicted molar refractivity (Wildman–Crippen MR) is 215 cm³/mol. The fourth-order valence-corrected chi connectivity index (χ4v) is 5.99. The Balaban J connectivity index is 0.959. The van der Waals surface area contributed by atoms with Gasteiger partial charge in [-0.1, -0.05) is 76.2 Å². The van der Waals surface area contributed by atoms with Gasteiger partial charge < -0.3 is 21.3 Å². The zero-order valence-electron chi connectivity index (χ0n) is 31.7. The molecule has 286 valence electrons. The predicted octanol–water partition coefficient (Wildman–Crippen LogP) is 7.82. The van der Waals surface area contributed by atoms with E-state index < -0.39 is 0 Å². The van der Waals surface area contributed by atoms with Crippen molar-refractivity contribution in [3.8, 4) is 22.5 Å². The molecule has 6 aromatic rings. The molecule has 4 aromatic carbocycles. The average molecular weight is 755 g/mol. The van der Waals surface area contributed by atoms with E-state index in [-0.39, 0.29) is 47.4 Å². The number of rotatable bonds is 15. The summed E-state index contributed by atoms with van der Waals surface area (Å²) in [5.41, 5.74) is 5.07. The monoisotopic (exact) mass is 754 g/mol. The molecule has 2 aromatic heterocycles. The lowest BCUT2D eigenvalue weighted by molar-refractivity contribution is 0.0927. The lowest BCUT2D eigenvalue weighted by atomic mass is 9.84. The van der Waals surface area contributed by atoms with Gasteiger partial charge in [-0.25, -0.2) is 8.78 Å². The van der Waals surface area contributed by atoms with Crippen molar-refractivity contribution in [2.45, 2.75) is 38.5 Å². The van der Waals surface area contributed by atoms with Gasteiger partial charge >= 0.3 is 0 Å². The summed E-state index contributed by atoms with van der Waals surface area (Å²) in [7, 11) is 0. The molecule has 0 saturated heterocycles. The first-order valence-corrected chi connectivity index (χ1v) is 18.3. The molecule has 0 aliphatic heterocycles. The molecule has 2 heterocycles. The molecule has 0 fully saturated rings. The third kappa shape index (κ3) is 10.1. The van der Waals surface area contributed by atoms with Gasteiger partial charge in [-0.3, -0.25) is 9.59 Å². The number of hydrogen-bond donors (Lipinski definition) is 4. The maximum atomic E-state index is 13.4. The molecule has 12 heteroatoms. The Morgan fingerprint density at radius 2 is 0.911 bits per heavy atom. The van der Waals surface area contributed by atoms with Crippen LogP contribution in [-0.2, 0) is 10.8 Å². The standard InChI is InChI=1S/C44H44F2N8O2/c1-43(2,33-11-15-35(45)16-12-33)27-49-39-21-19-37(51-53-39)29-7-5-9-31(25-29)41(55)47-23-24-48-42(56)32-10-6-8-30(26-32)38-20-22-40(54-52-38)50-28-44(3,4)34-13-17-36(46)18-14-34/h5-22,25-26H,23-24,27-28H2,1-4H3,(H,47,55)(H,48,56)(H,49,53)(H,50,54). The summed E-state index contributed by atoms with van der Waals surface area (Å²) >= 11 is 0. The summed E-state index contributed by atoms with van der Waals surface area (Å²) in [6, 6.07) is 34.5. The number of hydrogen-bond acceptors (Lipinski definition) is 8. The van der Waals surface area contributed by atoms with Gasteiger partial charge in [-0.15, -0.1) is 20.4 Å². The van der Waals surface area contributed by atoms with Gasteiger partial charge in [0.1, 0.15) is 23.3 Å². The fourth-order valence-electron chi connectivity index (χ4n) is 5.99. The van der Waals surface area contributed by atoms with E-state index in [1.165, 1.54) is 24.3 Å². The minimum Gasteiger partial charge on any atom is -0.368 e. The van der Waals surface area contributed by atoms with Crippen LogP contribution in [0, 0.1) is 11.6 Å². The topological polar surface area (TPSA) is 134 Å². The van der Waals surface area contributed by atoms with Crippen molar-refractivity contribution in [3.05, 3.63) is 155 Å². The van der Waals surface area contributed by atoms with Crippen LogP contribution in [0.15, 0.2) is 121 Å². The van der Waals surface area contributed by atoms with Gasteiger partial charge in [0.2, 0.25) is 0 Å². The van der Waals surface area contributed by atoms with Crippen molar-refractivity contribution < 1.29 is 18.4 Å². The second-order valence-electron chi connectivity index (χ2n) is 14.8. The quantitative estimate of drug-likeness (QED) is 0.0781. The largest absolute Gasteiger partial charge is 0.368 e. The highest BCUT2D eigenvalue weighted by Gasteiger charge is 2.22. The summed E-state index contributed by atoms with van der Waals surface area (Å²) < 4.78 is 26.7. The van der Waals surface area contributed by atoms with Crippen LogP contribution in [0.5, 0.6) is 0 Å². The van der Waals surface area contributed by atoms with Crippen molar-refractivity contribution in [2.24, 2.45) is 0 Å². The molecule has 0 spiro atoms. The van der Waals surface area contributed by atoms with Crippen molar-refractivity contribution in [2.75, 3.05) is 36.8 Å². The second kappa shape index (κ2) is 17.3. The number of carbonyl (C=O) groups excluding carboxylic acids is 2. The smallest absolute Gasteiger partial charge is 0.251 e. The zero-order chi connectivity index (χ0) is 39.7. The first-order valence-electron chi connectivity index (χ1n) is 18.3. The third-order valence-corrected chi connectivity index (χ3v) is 9.54. The molecule has 4 N–H and O–H groups in total. The highest BCUT2D eigenvalue weighted by atomic mass is 19.1. The van der Waals surface area contributed by atoms with E-state index in [1.807, 2.05) is 36.4 Å². The van der Waals surface area contributed by atoms with Crippen LogP contribution < -0.4 is 21.3 Å². The zero-order valence-corrected chi connectivity index (χ0v) is 31.7. The number of benzene rings is 4. The fraction of sp³-hybridized carbons (Fsp3) is 0.227. The van der Waals surface area contributed by atoms with Crippen LogP contribution in [0.3, 0.4) is 0 Å². The van der Waals surface area contributed by atoms with E-state index in [9.17, 15) is 18.4 Å². The molecule has 0 radical (unpaired) electrons. The summed E-state index contributed by atoms with van der Waals surface area (Å²) in [6.45, 7) is 9.85. The van der Waals surface area contributed by atoms with Crippen LogP contribution in [0.2, 0.25) is 0 Å². The van der Waals surface area contributed by atoms with E-state index >= 15 is 0 Å². The Morgan fingerprint density at radius 1 is 0.518 bits per heavy atom. The van der Waals surface area contributed by atoms with Crippen molar-refractivity contribution in [1.29, 1.82) is 0 Å². The van der Waals surface area contributed by atoms with Crippen molar-refractivity contribution in [1.82, 2.24) is 31.0 Å². The Bertz CT molecular complexity index is 2100. The first-order chi connectivity index (χ1) is 26.9. The maximum absolute atomic E-state index is 13.4. The van der Waals surface area contributed by atoms with Gasteiger partial charge in [0, 0.05) is 59.3 Å². The molecule has 56 heavy (non-hydrogen) atoms. The molecule has 10 nitrogen and oxygen atoms in total. The lowest BCUT2D eigenvalue weighted by Crippen LogP contribution is -2.34. The van der Waals surface area contributed by atoms with Crippen LogP contribution in [0.25, 0.3) is 22.5 Å². The molecule has 0 aliphatic carbocycles. The summed E-state index contributed by atoms with van der Waals surface area (Å²) in [5.74, 6) is 0.0944. The van der Waals surface area contributed by atoms with Crippen molar-refractivity contribution >= 4 is 23.5 Å². The number of anilines is 2. The number of aromatic nitrogens is 4. The van der Waals surface area contributed by atoms with Gasteiger partial charge in [0.25, 0.3) is 11.8 Å². The number of nitrogens with one attached hydrogen (secondary N) is 4. The minimum absolute atomic E-state index is 0.223. The summed E-state index contributed by atoms with van der Waals surface area (Å²) in [4.78, 5) is 26.0. The van der Waals surface area contributed by atoms with Gasteiger partial charge in [-0.2, -0.15) is 0 Å². The molecule has 0 aliphatic rings. The number of nitrogens with zero attached hydrogens (tertiary/aromatic N) is 4. The number of carbonyl (C=O) groups is 2. The average Bonchev–Trinajstić information content (AvgIpc) is 3.21. The molecule has 0 unspecified atom stereocenters. The van der Waals surface area contributed by atoms with Crippen LogP contribution in [0.1, 0.15) is 59.5 Å². The molecule has 0 bridgehead atoms. The number of amides is 2. The van der Waals surface area contributed by atoms with Crippen molar-refractivity contribution in [3.63, 3.8) is 0 Å². The molecule has 6 rings (SSSR count).